The second-order valence-corrected chi connectivity index (χ2v) is 5.85. The molecule has 0 heterocycles. The second kappa shape index (κ2) is 4.48. The molecule has 0 aromatic carbocycles. The fourth-order valence-corrected chi connectivity index (χ4v) is 1.98. The molecule has 4 N–H and O–H groups in total. The highest BCUT2D eigenvalue weighted by molar-refractivity contribution is 7.53. The first-order chi connectivity index (χ1) is 5.27. The van der Waals surface area contributed by atoms with Crippen molar-refractivity contribution in [2.24, 2.45) is 0 Å². The second-order valence-electron chi connectivity index (χ2n) is 2.18. The maximum Gasteiger partial charge on any atom is 0.355 e. The molecule has 1 unspecified atom stereocenters. The lowest BCUT2D eigenvalue weighted by Gasteiger charge is -2.06. The molecule has 12 heavy (non-hydrogen) atoms. The molecule has 0 aliphatic heterocycles. The maximum absolute atomic E-state index is 10.5. The Hall–Kier alpha value is 0.260. The summed E-state index contributed by atoms with van der Waals surface area (Å²) in [5, 5.41) is 7.82. The van der Waals surface area contributed by atoms with E-state index in [9.17, 15) is 9.13 Å². The summed E-state index contributed by atoms with van der Waals surface area (Å²) in [5.74, 6) is 0. The molecule has 7 nitrogen and oxygen atoms in total. The van der Waals surface area contributed by atoms with Crippen molar-refractivity contribution in [3.8, 4) is 0 Å². The molecule has 0 saturated heterocycles. The average Bonchev–Trinajstić information content (AvgIpc) is 1.84. The minimum Gasteiger partial charge on any atom is -0.324 e. The Morgan fingerprint density at radius 2 is 1.58 bits per heavy atom. The molecular formula is C3H10O7P2. The molecule has 1 atom stereocenters. The molecule has 0 radical (unpaired) electrons. The van der Waals surface area contributed by atoms with E-state index in [1.807, 2.05) is 0 Å². The number of rotatable bonds is 5. The highest BCUT2D eigenvalue weighted by atomic mass is 31.2. The Morgan fingerprint density at radius 3 is 1.92 bits per heavy atom. The van der Waals surface area contributed by atoms with Gasteiger partial charge >= 0.3 is 15.2 Å². The van der Waals surface area contributed by atoms with Gasteiger partial charge in [0.2, 0.25) is 0 Å². The monoisotopic (exact) mass is 220 g/mol. The van der Waals surface area contributed by atoms with E-state index in [2.05, 4.69) is 4.67 Å². The van der Waals surface area contributed by atoms with Gasteiger partial charge in [0, 0.05) is 0 Å². The Balaban J connectivity index is 3.72. The largest absolute Gasteiger partial charge is 0.355 e. The van der Waals surface area contributed by atoms with Crippen LogP contribution in [-0.4, -0.2) is 32.3 Å². The molecule has 0 spiro atoms. The molecule has 0 rings (SSSR count). The smallest absolute Gasteiger partial charge is 0.324 e. The van der Waals surface area contributed by atoms with E-state index in [0.717, 1.165) is 0 Å². The van der Waals surface area contributed by atoms with E-state index < -0.39 is 27.5 Å². The number of hydrogen-bond donors (Lipinski definition) is 4. The van der Waals surface area contributed by atoms with Crippen LogP contribution in [0.1, 0.15) is 6.42 Å². The zero-order valence-corrected chi connectivity index (χ0v) is 7.82. The van der Waals surface area contributed by atoms with Gasteiger partial charge < -0.3 is 14.7 Å². The van der Waals surface area contributed by atoms with Crippen molar-refractivity contribution in [1.29, 1.82) is 0 Å². The van der Waals surface area contributed by atoms with Crippen LogP contribution in [-0.2, 0) is 13.8 Å². The quantitative estimate of drug-likeness (QED) is 0.297. The minimum atomic E-state index is -4.13. The first-order valence-electron chi connectivity index (χ1n) is 2.96. The van der Waals surface area contributed by atoms with Crippen LogP contribution in [0.4, 0.5) is 0 Å². The summed E-state index contributed by atoms with van der Waals surface area (Å²) in [6.45, 7) is 0. The Labute approximate surface area is 68.6 Å². The summed E-state index contributed by atoms with van der Waals surface area (Å²) in [7, 11) is -8.18. The molecule has 0 aliphatic carbocycles. The molecule has 0 bridgehead atoms. The number of hydrogen-bond acceptors (Lipinski definition) is 4. The highest BCUT2D eigenvalue weighted by Gasteiger charge is 2.21. The minimum absolute atomic E-state index is 0.182. The SMILES string of the molecule is O=P(O)(O)CCCP(=O)(O)OO. The standard InChI is InChI=1S/C3H10O7P2/c4-10-12(8,9)3-1-2-11(5,6)7/h4H,1-3H2,(H,8,9)(H2,5,6,7). The van der Waals surface area contributed by atoms with E-state index in [1.165, 1.54) is 0 Å². The zero-order chi connectivity index (χ0) is 9.83. The third kappa shape index (κ3) is 6.94. The maximum atomic E-state index is 10.5. The van der Waals surface area contributed by atoms with Crippen molar-refractivity contribution >= 4 is 15.2 Å². The average molecular weight is 220 g/mol. The van der Waals surface area contributed by atoms with E-state index in [0.29, 0.717) is 0 Å². The van der Waals surface area contributed by atoms with Gasteiger partial charge in [-0.3, -0.25) is 9.13 Å². The molecular weight excluding hydrogens is 210 g/mol. The van der Waals surface area contributed by atoms with Gasteiger partial charge in [-0.2, -0.15) is 4.67 Å². The third-order valence-corrected chi connectivity index (χ3v) is 3.05. The molecule has 0 aromatic heterocycles. The summed E-state index contributed by atoms with van der Waals surface area (Å²) in [4.78, 5) is 25.2. The predicted molar refractivity (Wildman–Crippen MR) is 39.9 cm³/mol. The Morgan fingerprint density at radius 1 is 1.08 bits per heavy atom. The van der Waals surface area contributed by atoms with Crippen molar-refractivity contribution in [1.82, 2.24) is 0 Å². The first kappa shape index (κ1) is 12.3. The lowest BCUT2D eigenvalue weighted by molar-refractivity contribution is -0.145. The summed E-state index contributed by atoms with van der Waals surface area (Å²) >= 11 is 0. The summed E-state index contributed by atoms with van der Waals surface area (Å²) in [5.41, 5.74) is 0. The first-order valence-corrected chi connectivity index (χ1v) is 6.52. The normalized spacial score (nSPS) is 17.3. The van der Waals surface area contributed by atoms with Gasteiger partial charge in [-0.1, -0.05) is 0 Å². The van der Waals surface area contributed by atoms with Gasteiger partial charge in [0.1, 0.15) is 0 Å². The summed E-state index contributed by atoms with van der Waals surface area (Å²) < 4.78 is 23.9. The molecule has 74 valence electrons. The Kier molecular flexibility index (Phi) is 4.58. The van der Waals surface area contributed by atoms with Crippen molar-refractivity contribution < 1.29 is 33.7 Å². The van der Waals surface area contributed by atoms with Crippen molar-refractivity contribution in [3.05, 3.63) is 0 Å². The third-order valence-electron chi connectivity index (χ3n) is 1.02. The van der Waals surface area contributed by atoms with Gasteiger partial charge in [-0.15, -0.1) is 0 Å². The predicted octanol–water partition coefficient (Wildman–Crippen LogP) is 0.229. The lowest BCUT2D eigenvalue weighted by Crippen LogP contribution is -1.96. The fourth-order valence-electron chi connectivity index (χ4n) is 0.517. The molecule has 0 fully saturated rings. The van der Waals surface area contributed by atoms with Crippen LogP contribution < -0.4 is 0 Å². The lowest BCUT2D eigenvalue weighted by atomic mass is 10.6. The molecule has 0 amide bonds. The van der Waals surface area contributed by atoms with Crippen LogP contribution in [0, 0.1) is 0 Å². The van der Waals surface area contributed by atoms with Gasteiger partial charge in [0.25, 0.3) is 0 Å². The van der Waals surface area contributed by atoms with E-state index >= 15 is 0 Å². The van der Waals surface area contributed by atoms with Crippen LogP contribution in [0.15, 0.2) is 0 Å². The van der Waals surface area contributed by atoms with E-state index in [1.54, 1.807) is 0 Å². The fraction of sp³-hybridized carbons (Fsp3) is 1.00. The van der Waals surface area contributed by atoms with Crippen LogP contribution in [0.25, 0.3) is 0 Å². The van der Waals surface area contributed by atoms with Gasteiger partial charge in [-0.05, 0) is 6.42 Å². The molecule has 0 aromatic rings. The van der Waals surface area contributed by atoms with Crippen LogP contribution >= 0.6 is 15.2 Å². The van der Waals surface area contributed by atoms with Crippen molar-refractivity contribution in [2.45, 2.75) is 6.42 Å². The van der Waals surface area contributed by atoms with Crippen LogP contribution in [0.5, 0.6) is 0 Å². The zero-order valence-electron chi connectivity index (χ0n) is 6.03. The highest BCUT2D eigenvalue weighted by Crippen LogP contribution is 2.43. The Bertz CT molecular complexity index is 219. The molecule has 0 saturated carbocycles. The van der Waals surface area contributed by atoms with E-state index in [-0.39, 0.29) is 6.42 Å². The van der Waals surface area contributed by atoms with Crippen LogP contribution in [0.2, 0.25) is 0 Å². The summed E-state index contributed by atoms with van der Waals surface area (Å²) in [6.07, 6.45) is -1.16. The topological polar surface area (TPSA) is 124 Å². The summed E-state index contributed by atoms with van der Waals surface area (Å²) in [6, 6.07) is 0. The van der Waals surface area contributed by atoms with Crippen molar-refractivity contribution in [3.63, 3.8) is 0 Å². The molecule has 9 heteroatoms. The van der Waals surface area contributed by atoms with Gasteiger partial charge in [0.15, 0.2) is 0 Å². The van der Waals surface area contributed by atoms with E-state index in [4.69, 9.17) is 19.9 Å². The van der Waals surface area contributed by atoms with Gasteiger partial charge in [0.05, 0.1) is 12.3 Å². The van der Waals surface area contributed by atoms with Gasteiger partial charge in [-0.25, -0.2) is 5.26 Å². The molecule has 0 aliphatic rings. The van der Waals surface area contributed by atoms with Crippen molar-refractivity contribution in [2.75, 3.05) is 12.3 Å². The van der Waals surface area contributed by atoms with Crippen LogP contribution in [0.3, 0.4) is 0 Å².